The molecule has 2 aromatic heterocycles. The van der Waals surface area contributed by atoms with E-state index in [0.29, 0.717) is 17.0 Å². The highest BCUT2D eigenvalue weighted by molar-refractivity contribution is 5.93. The number of hydrogen-bond donors (Lipinski definition) is 1. The van der Waals surface area contributed by atoms with Crippen molar-refractivity contribution in [2.24, 2.45) is 0 Å². The molecule has 4 rings (SSSR count). The van der Waals surface area contributed by atoms with Crippen LogP contribution >= 0.6 is 0 Å². The first-order chi connectivity index (χ1) is 13.4. The van der Waals surface area contributed by atoms with E-state index < -0.39 is 12.3 Å². The van der Waals surface area contributed by atoms with Crippen molar-refractivity contribution >= 4 is 5.91 Å². The zero-order valence-electron chi connectivity index (χ0n) is 15.2. The molecule has 2 heterocycles. The van der Waals surface area contributed by atoms with Crippen LogP contribution in [0.2, 0.25) is 0 Å². The first-order valence-corrected chi connectivity index (χ1v) is 8.78. The van der Waals surface area contributed by atoms with Gasteiger partial charge >= 0.3 is 6.43 Å². The van der Waals surface area contributed by atoms with E-state index in [1.54, 1.807) is 19.2 Å². The maximum Gasteiger partial charge on any atom is 0.315 e. The molecule has 1 unspecified atom stereocenters. The third-order valence-corrected chi connectivity index (χ3v) is 4.70. The smallest absolute Gasteiger partial charge is 0.315 e. The summed E-state index contributed by atoms with van der Waals surface area (Å²) in [4.78, 5) is 24.8. The van der Waals surface area contributed by atoms with Gasteiger partial charge in [-0.3, -0.25) is 9.78 Å². The molecule has 1 aliphatic carbocycles. The Balaban J connectivity index is 1.54. The first-order valence-electron chi connectivity index (χ1n) is 8.78. The minimum atomic E-state index is -2.80. The highest BCUT2D eigenvalue weighted by Gasteiger charge is 2.26. The van der Waals surface area contributed by atoms with Gasteiger partial charge in [-0.25, -0.2) is 4.98 Å². The molecule has 0 spiro atoms. The van der Waals surface area contributed by atoms with E-state index in [4.69, 9.17) is 0 Å². The van der Waals surface area contributed by atoms with Crippen LogP contribution in [-0.2, 0) is 6.42 Å². The monoisotopic (exact) mass is 385 g/mol. The van der Waals surface area contributed by atoms with Crippen LogP contribution in [0.1, 0.15) is 57.8 Å². The number of nitrogens with zero attached hydrogens (tertiary/aromatic N) is 4. The van der Waals surface area contributed by atoms with Crippen molar-refractivity contribution < 1.29 is 18.1 Å². The number of carbonyl (C=O) groups is 1. The molecule has 1 aliphatic rings. The van der Waals surface area contributed by atoms with Gasteiger partial charge in [-0.1, -0.05) is 17.3 Å². The molecular formula is C19H17F2N5O2. The second kappa shape index (κ2) is 7.06. The van der Waals surface area contributed by atoms with Crippen LogP contribution in [0.15, 0.2) is 28.9 Å². The number of alkyl halides is 2. The van der Waals surface area contributed by atoms with Gasteiger partial charge in [0.15, 0.2) is 0 Å². The van der Waals surface area contributed by atoms with Crippen LogP contribution in [0.25, 0.3) is 11.4 Å². The van der Waals surface area contributed by atoms with Gasteiger partial charge in [0.2, 0.25) is 5.82 Å². The van der Waals surface area contributed by atoms with Gasteiger partial charge in [-0.15, -0.1) is 0 Å². The summed E-state index contributed by atoms with van der Waals surface area (Å²) >= 11 is 0. The topological polar surface area (TPSA) is 93.8 Å². The second-order valence-electron chi connectivity index (χ2n) is 6.68. The number of carbonyl (C=O) groups excluding carboxylic acids is 1. The quantitative estimate of drug-likeness (QED) is 0.739. The number of nitrogens with one attached hydrogen (secondary N) is 1. The van der Waals surface area contributed by atoms with Crippen LogP contribution < -0.4 is 5.32 Å². The molecule has 1 aromatic carbocycles. The highest BCUT2D eigenvalue weighted by Crippen LogP contribution is 2.34. The van der Waals surface area contributed by atoms with Gasteiger partial charge in [-0.05, 0) is 43.9 Å². The summed E-state index contributed by atoms with van der Waals surface area (Å²) in [5.41, 5.74) is 4.23. The molecule has 7 nitrogen and oxygen atoms in total. The number of amides is 1. The molecule has 3 aromatic rings. The number of halogens is 2. The van der Waals surface area contributed by atoms with E-state index in [1.165, 1.54) is 0 Å². The van der Waals surface area contributed by atoms with Crippen molar-refractivity contribution in [1.29, 1.82) is 0 Å². The number of fused-ring (bicyclic) bond motifs is 1. The summed E-state index contributed by atoms with van der Waals surface area (Å²) in [5.74, 6) is -0.849. The lowest BCUT2D eigenvalue weighted by atomic mass is 10.0. The van der Waals surface area contributed by atoms with Crippen molar-refractivity contribution in [2.75, 3.05) is 0 Å². The second-order valence-corrected chi connectivity index (χ2v) is 6.68. The Morgan fingerprint density at radius 3 is 2.82 bits per heavy atom. The van der Waals surface area contributed by atoms with Crippen molar-refractivity contribution in [2.45, 2.75) is 39.2 Å². The first kappa shape index (κ1) is 18.1. The highest BCUT2D eigenvalue weighted by atomic mass is 19.3. The third-order valence-electron chi connectivity index (χ3n) is 4.70. The fourth-order valence-corrected chi connectivity index (χ4v) is 3.39. The van der Waals surface area contributed by atoms with Gasteiger partial charge in [0.1, 0.15) is 5.69 Å². The summed E-state index contributed by atoms with van der Waals surface area (Å²) in [5, 5.41) is 6.61. The van der Waals surface area contributed by atoms with E-state index in [1.807, 2.05) is 19.1 Å². The van der Waals surface area contributed by atoms with Gasteiger partial charge in [-0.2, -0.15) is 13.8 Å². The van der Waals surface area contributed by atoms with E-state index in [0.717, 1.165) is 29.7 Å². The van der Waals surface area contributed by atoms with Crippen molar-refractivity contribution in [1.82, 2.24) is 25.4 Å². The average Bonchev–Trinajstić information content (AvgIpc) is 3.29. The molecule has 0 bridgehead atoms. The van der Waals surface area contributed by atoms with Crippen molar-refractivity contribution in [3.8, 4) is 11.4 Å². The lowest BCUT2D eigenvalue weighted by Gasteiger charge is -2.15. The Morgan fingerprint density at radius 1 is 1.29 bits per heavy atom. The molecule has 1 amide bonds. The normalized spacial score (nSPS) is 15.7. The molecule has 1 N–H and O–H groups in total. The summed E-state index contributed by atoms with van der Waals surface area (Å²) in [7, 11) is 0. The minimum Gasteiger partial charge on any atom is -0.344 e. The predicted molar refractivity (Wildman–Crippen MR) is 94.7 cm³/mol. The summed E-state index contributed by atoms with van der Waals surface area (Å²) in [6, 6.07) is 5.29. The maximum absolute atomic E-state index is 12.6. The van der Waals surface area contributed by atoms with Crippen LogP contribution in [0.5, 0.6) is 0 Å². The van der Waals surface area contributed by atoms with Crippen LogP contribution in [0.3, 0.4) is 0 Å². The number of benzene rings is 1. The Bertz CT molecular complexity index is 1050. The Hall–Kier alpha value is -3.23. The third kappa shape index (κ3) is 3.35. The van der Waals surface area contributed by atoms with Gasteiger partial charge in [0, 0.05) is 11.8 Å². The Morgan fingerprint density at radius 2 is 2.11 bits per heavy atom. The zero-order valence-corrected chi connectivity index (χ0v) is 15.2. The molecule has 28 heavy (non-hydrogen) atoms. The molecule has 0 fully saturated rings. The molecule has 0 saturated heterocycles. The van der Waals surface area contributed by atoms with E-state index in [9.17, 15) is 13.6 Å². The summed E-state index contributed by atoms with van der Waals surface area (Å²) in [6.07, 6.45) is 0.238. The van der Waals surface area contributed by atoms with Gasteiger partial charge in [0.05, 0.1) is 17.4 Å². The Labute approximate surface area is 159 Å². The summed E-state index contributed by atoms with van der Waals surface area (Å²) in [6.45, 7) is 3.57. The number of rotatable bonds is 4. The lowest BCUT2D eigenvalue weighted by molar-refractivity contribution is 0.0930. The van der Waals surface area contributed by atoms with Crippen LogP contribution in [0, 0.1) is 13.8 Å². The zero-order chi connectivity index (χ0) is 19.8. The maximum atomic E-state index is 12.6. The number of hydrogen-bond acceptors (Lipinski definition) is 6. The Kier molecular flexibility index (Phi) is 4.58. The molecule has 0 radical (unpaired) electrons. The summed E-state index contributed by atoms with van der Waals surface area (Å²) < 4.78 is 29.8. The van der Waals surface area contributed by atoms with E-state index in [-0.39, 0.29) is 17.8 Å². The van der Waals surface area contributed by atoms with Crippen LogP contribution in [0.4, 0.5) is 8.78 Å². The molecular weight excluding hydrogens is 368 g/mol. The largest absolute Gasteiger partial charge is 0.344 e. The molecule has 1 atom stereocenters. The van der Waals surface area contributed by atoms with Gasteiger partial charge in [0.25, 0.3) is 11.8 Å². The molecule has 9 heteroatoms. The fourth-order valence-electron chi connectivity index (χ4n) is 3.39. The van der Waals surface area contributed by atoms with Gasteiger partial charge < -0.3 is 9.84 Å². The van der Waals surface area contributed by atoms with Crippen molar-refractivity contribution in [3.05, 3.63) is 58.5 Å². The molecule has 0 saturated carbocycles. The fraction of sp³-hybridized carbons (Fsp3) is 0.316. The van der Waals surface area contributed by atoms with E-state index >= 15 is 0 Å². The van der Waals surface area contributed by atoms with Crippen molar-refractivity contribution in [3.63, 3.8) is 0 Å². The van der Waals surface area contributed by atoms with Crippen LogP contribution in [-0.4, -0.2) is 26.0 Å². The average molecular weight is 385 g/mol. The standard InChI is InChI=1S/C19H17F2N5O2/c1-9-8-22-15(10(2)23-9)18(27)24-14-6-4-11-7-12(3-5-13(11)14)17-25-19(16(20)21)28-26-17/h3,5,7-8,14,16H,4,6H2,1-2H3,(H,24,27). The number of aryl methyl sites for hydroxylation is 3. The predicted octanol–water partition coefficient (Wildman–Crippen LogP) is 3.50. The lowest BCUT2D eigenvalue weighted by Crippen LogP contribution is -2.29. The number of aromatic nitrogens is 4. The minimum absolute atomic E-state index is 0.121. The SMILES string of the molecule is Cc1cnc(C(=O)NC2CCc3cc(-c4noc(C(F)F)n4)ccc32)c(C)n1. The van der Waals surface area contributed by atoms with E-state index in [2.05, 4.69) is 29.9 Å². The molecule has 144 valence electrons. The molecule has 0 aliphatic heterocycles.